The maximum absolute atomic E-state index is 12.1. The minimum atomic E-state index is -0.867. The third kappa shape index (κ3) is 4.92. The fraction of sp³-hybridized carbons (Fsp3) is 0.600. The average Bonchev–Trinajstić information content (AvgIpc) is 3.63. The summed E-state index contributed by atoms with van der Waals surface area (Å²) in [5.74, 6) is 0.860. The maximum Gasteiger partial charge on any atom is 0.236 e. The molecule has 0 bridgehead atoms. The summed E-state index contributed by atoms with van der Waals surface area (Å²) in [6, 6.07) is 5.13. The number of nitrogens with zero attached hydrogens (tertiary/aromatic N) is 4. The van der Waals surface area contributed by atoms with Crippen molar-refractivity contribution in [1.82, 2.24) is 24.8 Å². The maximum atomic E-state index is 12.1. The number of carbonyl (C=O) groups is 2. The third-order valence-electron chi connectivity index (χ3n) is 7.54. The number of amides is 1. The molecule has 184 valence electrons. The lowest BCUT2D eigenvalue weighted by Gasteiger charge is -2.41. The van der Waals surface area contributed by atoms with Crippen molar-refractivity contribution in [3.05, 3.63) is 36.4 Å². The molecule has 2 atom stereocenters. The molecule has 1 aliphatic carbocycles. The normalized spacial score (nSPS) is 28.8. The molecule has 2 aliphatic heterocycles. The Balaban J connectivity index is 0.000000636. The number of rotatable bonds is 5. The summed E-state index contributed by atoms with van der Waals surface area (Å²) >= 11 is 0. The molecule has 4 N–H and O–H groups in total. The van der Waals surface area contributed by atoms with E-state index in [1.165, 1.54) is 0 Å². The number of aromatic nitrogens is 3. The predicted octanol–water partition coefficient (Wildman–Crippen LogP) is 1.83. The SMILES string of the molecule is CCC=O.NCC(=O)N1CCC2C1CCN2C1CCC(O)(c2ccc(-c3ncc[nH]3)cn2)CC1. The van der Waals surface area contributed by atoms with Crippen molar-refractivity contribution in [3.8, 4) is 11.4 Å². The molecule has 2 aromatic heterocycles. The zero-order valence-corrected chi connectivity index (χ0v) is 19.9. The van der Waals surface area contributed by atoms with Crippen LogP contribution in [0.1, 0.15) is 57.6 Å². The van der Waals surface area contributed by atoms with Crippen LogP contribution in [0.15, 0.2) is 30.7 Å². The van der Waals surface area contributed by atoms with Crippen LogP contribution in [0, 0.1) is 0 Å². The number of aldehydes is 1. The number of aliphatic hydroxyl groups is 1. The molecule has 34 heavy (non-hydrogen) atoms. The van der Waals surface area contributed by atoms with Crippen molar-refractivity contribution in [2.75, 3.05) is 19.6 Å². The third-order valence-corrected chi connectivity index (χ3v) is 7.54. The van der Waals surface area contributed by atoms with Gasteiger partial charge in [-0.05, 0) is 50.7 Å². The van der Waals surface area contributed by atoms with Gasteiger partial charge in [0.05, 0.1) is 12.2 Å². The first-order valence-corrected chi connectivity index (χ1v) is 12.4. The number of likely N-dealkylation sites (tertiary alicyclic amines) is 2. The van der Waals surface area contributed by atoms with Gasteiger partial charge in [0.25, 0.3) is 0 Å². The molecule has 1 saturated carbocycles. The van der Waals surface area contributed by atoms with Crippen molar-refractivity contribution in [2.24, 2.45) is 5.73 Å². The van der Waals surface area contributed by atoms with E-state index in [0.29, 0.717) is 37.4 Å². The fourth-order valence-electron chi connectivity index (χ4n) is 5.80. The van der Waals surface area contributed by atoms with Crippen molar-refractivity contribution in [1.29, 1.82) is 0 Å². The number of pyridine rings is 1. The molecule has 3 aliphatic rings. The van der Waals surface area contributed by atoms with Crippen LogP contribution in [0.5, 0.6) is 0 Å². The number of hydrogen-bond acceptors (Lipinski definition) is 7. The zero-order chi connectivity index (χ0) is 24.1. The molecule has 4 heterocycles. The molecule has 9 heteroatoms. The van der Waals surface area contributed by atoms with Gasteiger partial charge < -0.3 is 25.5 Å². The molecule has 0 aromatic carbocycles. The Kier molecular flexibility index (Phi) is 7.75. The van der Waals surface area contributed by atoms with Gasteiger partial charge in [-0.25, -0.2) is 4.98 Å². The summed E-state index contributed by atoms with van der Waals surface area (Å²) in [7, 11) is 0. The summed E-state index contributed by atoms with van der Waals surface area (Å²) < 4.78 is 0. The Morgan fingerprint density at radius 3 is 2.53 bits per heavy atom. The van der Waals surface area contributed by atoms with Crippen LogP contribution in [-0.4, -0.2) is 79.8 Å². The highest BCUT2D eigenvalue weighted by Crippen LogP contribution is 2.42. The summed E-state index contributed by atoms with van der Waals surface area (Å²) in [6.07, 6.45) is 12.2. The summed E-state index contributed by atoms with van der Waals surface area (Å²) in [5.41, 5.74) is 6.39. The predicted molar refractivity (Wildman–Crippen MR) is 129 cm³/mol. The van der Waals surface area contributed by atoms with Gasteiger partial charge in [0, 0.05) is 61.8 Å². The van der Waals surface area contributed by atoms with E-state index in [4.69, 9.17) is 5.73 Å². The molecular formula is C25H36N6O3. The minimum Gasteiger partial charge on any atom is -0.384 e. The molecule has 1 amide bonds. The Bertz CT molecular complexity index is 940. The van der Waals surface area contributed by atoms with Crippen molar-refractivity contribution in [3.63, 3.8) is 0 Å². The van der Waals surface area contributed by atoms with Crippen LogP contribution in [0.2, 0.25) is 0 Å². The Morgan fingerprint density at radius 1 is 1.21 bits per heavy atom. The molecule has 2 unspecified atom stereocenters. The lowest BCUT2D eigenvalue weighted by atomic mass is 9.79. The zero-order valence-electron chi connectivity index (χ0n) is 19.9. The van der Waals surface area contributed by atoms with E-state index in [0.717, 1.165) is 62.1 Å². The molecular weight excluding hydrogens is 432 g/mol. The van der Waals surface area contributed by atoms with Crippen LogP contribution in [0.3, 0.4) is 0 Å². The second-order valence-electron chi connectivity index (χ2n) is 9.45. The van der Waals surface area contributed by atoms with Gasteiger partial charge in [-0.1, -0.05) is 6.92 Å². The van der Waals surface area contributed by atoms with E-state index < -0.39 is 5.60 Å². The number of nitrogens with one attached hydrogen (secondary N) is 1. The highest BCUT2D eigenvalue weighted by molar-refractivity contribution is 5.78. The Hall–Kier alpha value is -2.62. The number of imidazole rings is 1. The van der Waals surface area contributed by atoms with E-state index >= 15 is 0 Å². The lowest BCUT2D eigenvalue weighted by molar-refractivity contribution is -0.130. The molecule has 2 saturated heterocycles. The van der Waals surface area contributed by atoms with Crippen LogP contribution >= 0.6 is 0 Å². The number of fused-ring (bicyclic) bond motifs is 1. The van der Waals surface area contributed by atoms with E-state index in [-0.39, 0.29) is 12.5 Å². The van der Waals surface area contributed by atoms with Gasteiger partial charge >= 0.3 is 0 Å². The highest BCUT2D eigenvalue weighted by atomic mass is 16.3. The summed E-state index contributed by atoms with van der Waals surface area (Å²) in [6.45, 7) is 3.77. The number of nitrogens with two attached hydrogens (primary N) is 1. The van der Waals surface area contributed by atoms with Gasteiger partial charge in [-0.3, -0.25) is 14.7 Å². The largest absolute Gasteiger partial charge is 0.384 e. The average molecular weight is 469 g/mol. The molecule has 0 radical (unpaired) electrons. The second-order valence-corrected chi connectivity index (χ2v) is 9.45. The number of carbonyl (C=O) groups excluding carboxylic acids is 2. The molecule has 3 fully saturated rings. The van der Waals surface area contributed by atoms with E-state index in [1.807, 2.05) is 24.0 Å². The monoisotopic (exact) mass is 468 g/mol. The van der Waals surface area contributed by atoms with Gasteiger partial charge in [0.2, 0.25) is 5.91 Å². The van der Waals surface area contributed by atoms with Crippen LogP contribution in [0.25, 0.3) is 11.4 Å². The van der Waals surface area contributed by atoms with E-state index in [9.17, 15) is 14.7 Å². The molecule has 2 aromatic rings. The lowest BCUT2D eigenvalue weighted by Crippen LogP contribution is -2.47. The van der Waals surface area contributed by atoms with Crippen molar-refractivity contribution < 1.29 is 14.7 Å². The van der Waals surface area contributed by atoms with Crippen LogP contribution in [0.4, 0.5) is 0 Å². The van der Waals surface area contributed by atoms with Crippen LogP contribution in [-0.2, 0) is 15.2 Å². The number of aromatic amines is 1. The number of H-pyrrole nitrogens is 1. The first-order valence-electron chi connectivity index (χ1n) is 12.4. The second kappa shape index (κ2) is 10.8. The standard InChI is InChI=1S/C22H30N6O2.C3H6O/c23-13-20(29)28-12-6-17-18(28)5-11-27(17)16-3-7-22(30,8-4-16)19-2-1-15(14-26-19)21-24-9-10-25-21;1-2-3-4/h1-2,9-10,14,16-18,30H,3-8,11-13,23H2,(H,24,25);3H,2H2,1H3. The fourth-order valence-corrected chi connectivity index (χ4v) is 5.80. The first-order chi connectivity index (χ1) is 16.5. The Morgan fingerprint density at radius 2 is 1.94 bits per heavy atom. The Labute approximate surface area is 200 Å². The van der Waals surface area contributed by atoms with Gasteiger partial charge in [-0.2, -0.15) is 0 Å². The number of hydrogen-bond donors (Lipinski definition) is 3. The van der Waals surface area contributed by atoms with Gasteiger partial charge in [-0.15, -0.1) is 0 Å². The van der Waals surface area contributed by atoms with E-state index in [1.54, 1.807) is 18.6 Å². The van der Waals surface area contributed by atoms with Crippen LogP contribution < -0.4 is 5.73 Å². The highest BCUT2D eigenvalue weighted by Gasteiger charge is 2.47. The van der Waals surface area contributed by atoms with E-state index in [2.05, 4.69) is 19.9 Å². The summed E-state index contributed by atoms with van der Waals surface area (Å²) in [5, 5.41) is 11.3. The van der Waals surface area contributed by atoms with Gasteiger partial charge in [0.1, 0.15) is 17.7 Å². The first kappa shape index (κ1) is 24.5. The van der Waals surface area contributed by atoms with Crippen molar-refractivity contribution >= 4 is 12.2 Å². The minimum absolute atomic E-state index is 0.0754. The van der Waals surface area contributed by atoms with Gasteiger partial charge in [0.15, 0.2) is 0 Å². The quantitative estimate of drug-likeness (QED) is 0.571. The molecule has 0 spiro atoms. The molecule has 5 rings (SSSR count). The summed E-state index contributed by atoms with van der Waals surface area (Å²) in [4.78, 5) is 37.8. The smallest absolute Gasteiger partial charge is 0.236 e. The topological polar surface area (TPSA) is 128 Å². The molecule has 9 nitrogen and oxygen atoms in total. The van der Waals surface area contributed by atoms with Crippen molar-refractivity contribution in [2.45, 2.75) is 75.6 Å².